The third kappa shape index (κ3) is 2.43. The van der Waals surface area contributed by atoms with Crippen molar-refractivity contribution in [1.29, 1.82) is 0 Å². The van der Waals surface area contributed by atoms with Crippen molar-refractivity contribution in [2.45, 2.75) is 20.8 Å². The van der Waals surface area contributed by atoms with E-state index < -0.39 is 0 Å². The summed E-state index contributed by atoms with van der Waals surface area (Å²) in [4.78, 5) is 0. The minimum absolute atomic E-state index is 0.869. The topological polar surface area (TPSA) is 37.8 Å². The van der Waals surface area contributed by atoms with E-state index in [9.17, 15) is 0 Å². The predicted octanol–water partition coefficient (Wildman–Crippen LogP) is 0.407. The maximum absolute atomic E-state index is 4.10. The van der Waals surface area contributed by atoms with Crippen LogP contribution in [0.3, 0.4) is 0 Å². The van der Waals surface area contributed by atoms with E-state index in [1.165, 1.54) is 0 Å². The molecule has 0 aliphatic rings. The van der Waals surface area contributed by atoms with Crippen LogP contribution < -0.4 is 15.8 Å². The largest absolute Gasteiger partial charge is 0.389 e. The molecule has 3 nitrogen and oxygen atoms in total. The highest BCUT2D eigenvalue weighted by molar-refractivity contribution is 5.46. The van der Waals surface area contributed by atoms with E-state index in [1.54, 1.807) is 0 Å². The lowest BCUT2D eigenvalue weighted by Gasteiger charge is -2.01. The Hall–Kier alpha value is -1.64. The highest BCUT2D eigenvalue weighted by Gasteiger charge is 1.97. The standard InChI is InChI=1S/C12H17N3/c1-6-11-9(3)14-15-10(4)12(11)7-8(2)13-5/h6-7,13H,2H2,1,3-5H3/b11-6-,12-7-. The molecule has 0 fully saturated rings. The number of aryl methyl sites for hydroxylation is 2. The van der Waals surface area contributed by atoms with Gasteiger partial charge in [0.25, 0.3) is 0 Å². The van der Waals surface area contributed by atoms with Crippen molar-refractivity contribution in [3.63, 3.8) is 0 Å². The second-order valence-electron chi connectivity index (χ2n) is 3.41. The van der Waals surface area contributed by atoms with Crippen molar-refractivity contribution < 1.29 is 0 Å². The average molecular weight is 203 g/mol. The fourth-order valence-electron chi connectivity index (χ4n) is 1.44. The quantitative estimate of drug-likeness (QED) is 0.756. The summed E-state index contributed by atoms with van der Waals surface area (Å²) in [5.41, 5.74) is 2.73. The summed E-state index contributed by atoms with van der Waals surface area (Å²) >= 11 is 0. The minimum Gasteiger partial charge on any atom is -0.389 e. The van der Waals surface area contributed by atoms with Gasteiger partial charge in [-0.1, -0.05) is 12.7 Å². The fraction of sp³-hybridized carbons (Fsp3) is 0.333. The van der Waals surface area contributed by atoms with E-state index in [0.717, 1.165) is 27.5 Å². The molecule has 15 heavy (non-hydrogen) atoms. The highest BCUT2D eigenvalue weighted by atomic mass is 15.1. The van der Waals surface area contributed by atoms with Gasteiger partial charge in [-0.3, -0.25) is 0 Å². The van der Waals surface area contributed by atoms with Crippen molar-refractivity contribution in [3.05, 3.63) is 34.1 Å². The van der Waals surface area contributed by atoms with Gasteiger partial charge in [-0.05, 0) is 26.8 Å². The summed E-state index contributed by atoms with van der Waals surface area (Å²) in [6, 6.07) is 0. The van der Waals surface area contributed by atoms with Gasteiger partial charge in [0.15, 0.2) is 0 Å². The molecular weight excluding hydrogens is 186 g/mol. The second-order valence-corrected chi connectivity index (χ2v) is 3.41. The molecule has 1 rings (SSSR count). The van der Waals surface area contributed by atoms with E-state index in [1.807, 2.05) is 40.0 Å². The van der Waals surface area contributed by atoms with Gasteiger partial charge in [-0.2, -0.15) is 10.2 Å². The normalized spacial score (nSPS) is 13.1. The summed E-state index contributed by atoms with van der Waals surface area (Å²) in [5, 5.41) is 13.4. The second kappa shape index (κ2) is 4.73. The molecular formula is C12H17N3. The lowest BCUT2D eigenvalue weighted by Crippen LogP contribution is -2.33. The van der Waals surface area contributed by atoms with E-state index in [2.05, 4.69) is 22.1 Å². The molecule has 0 atom stereocenters. The third-order valence-corrected chi connectivity index (χ3v) is 2.35. The van der Waals surface area contributed by atoms with Crippen LogP contribution in [0.1, 0.15) is 18.3 Å². The van der Waals surface area contributed by atoms with Crippen LogP contribution in [0.2, 0.25) is 0 Å². The number of hydrogen-bond donors (Lipinski definition) is 1. The zero-order chi connectivity index (χ0) is 11.4. The molecule has 0 saturated heterocycles. The number of allylic oxidation sites excluding steroid dienone is 1. The lowest BCUT2D eigenvalue weighted by atomic mass is 10.2. The maximum Gasteiger partial charge on any atom is 0.0679 e. The lowest BCUT2D eigenvalue weighted by molar-refractivity contribution is 0.912. The molecule has 0 unspecified atom stereocenters. The SMILES string of the molecule is C=C(/C=c1/c(C)nnc(C)/c1=C/C)NC. The van der Waals surface area contributed by atoms with Crippen LogP contribution >= 0.6 is 0 Å². The summed E-state index contributed by atoms with van der Waals surface area (Å²) in [7, 11) is 1.85. The van der Waals surface area contributed by atoms with Crippen LogP contribution in [0.15, 0.2) is 12.3 Å². The third-order valence-electron chi connectivity index (χ3n) is 2.35. The smallest absolute Gasteiger partial charge is 0.0679 e. The summed E-state index contributed by atoms with van der Waals surface area (Å²) in [5.74, 6) is 0. The molecule has 0 aliphatic carbocycles. The van der Waals surface area contributed by atoms with Crippen LogP contribution in [0, 0.1) is 13.8 Å². The van der Waals surface area contributed by atoms with Crippen molar-refractivity contribution in [1.82, 2.24) is 15.5 Å². The van der Waals surface area contributed by atoms with Crippen LogP contribution in [-0.2, 0) is 0 Å². The molecule has 80 valence electrons. The van der Waals surface area contributed by atoms with Gasteiger partial charge < -0.3 is 5.32 Å². The Bertz CT molecular complexity index is 486. The zero-order valence-electron chi connectivity index (χ0n) is 9.76. The summed E-state index contributed by atoms with van der Waals surface area (Å²) in [6.07, 6.45) is 4.04. The molecule has 0 amide bonds. The van der Waals surface area contributed by atoms with Crippen LogP contribution in [0.25, 0.3) is 12.2 Å². The predicted molar refractivity (Wildman–Crippen MR) is 63.6 cm³/mol. The van der Waals surface area contributed by atoms with Gasteiger partial charge in [0, 0.05) is 23.2 Å². The average Bonchev–Trinajstić information content (AvgIpc) is 2.23. The molecule has 3 heteroatoms. The van der Waals surface area contributed by atoms with E-state index in [0.29, 0.717) is 0 Å². The first kappa shape index (κ1) is 11.4. The van der Waals surface area contributed by atoms with E-state index in [4.69, 9.17) is 0 Å². The maximum atomic E-state index is 4.10. The Morgan fingerprint density at radius 3 is 2.20 bits per heavy atom. The Balaban J connectivity index is 3.60. The molecule has 1 N–H and O–H groups in total. The van der Waals surface area contributed by atoms with Crippen LogP contribution in [0.5, 0.6) is 0 Å². The molecule has 0 spiro atoms. The van der Waals surface area contributed by atoms with Crippen molar-refractivity contribution in [2.24, 2.45) is 0 Å². The molecule has 1 aromatic heterocycles. The fourth-order valence-corrected chi connectivity index (χ4v) is 1.44. The Labute approximate surface area is 90.2 Å². The number of nitrogens with zero attached hydrogens (tertiary/aromatic N) is 2. The van der Waals surface area contributed by atoms with Gasteiger partial charge in [0.2, 0.25) is 0 Å². The first-order chi connectivity index (χ1) is 7.10. The molecule has 0 bridgehead atoms. The molecule has 1 heterocycles. The van der Waals surface area contributed by atoms with Crippen LogP contribution in [0.4, 0.5) is 0 Å². The monoisotopic (exact) mass is 203 g/mol. The van der Waals surface area contributed by atoms with Gasteiger partial charge in [-0.15, -0.1) is 0 Å². The molecule has 0 aliphatic heterocycles. The Morgan fingerprint density at radius 1 is 1.20 bits per heavy atom. The van der Waals surface area contributed by atoms with Crippen molar-refractivity contribution in [2.75, 3.05) is 7.05 Å². The van der Waals surface area contributed by atoms with Gasteiger partial charge in [0.1, 0.15) is 0 Å². The summed E-state index contributed by atoms with van der Waals surface area (Å²) in [6.45, 7) is 9.80. The Morgan fingerprint density at radius 2 is 1.73 bits per heavy atom. The van der Waals surface area contributed by atoms with E-state index >= 15 is 0 Å². The zero-order valence-corrected chi connectivity index (χ0v) is 9.76. The summed E-state index contributed by atoms with van der Waals surface area (Å²) < 4.78 is 0. The van der Waals surface area contributed by atoms with Gasteiger partial charge in [0.05, 0.1) is 11.4 Å². The number of nitrogens with one attached hydrogen (secondary N) is 1. The molecule has 0 aromatic carbocycles. The molecule has 1 aromatic rings. The first-order valence-electron chi connectivity index (χ1n) is 4.94. The Kier molecular flexibility index (Phi) is 3.61. The highest BCUT2D eigenvalue weighted by Crippen LogP contribution is 1.85. The van der Waals surface area contributed by atoms with Crippen molar-refractivity contribution in [3.8, 4) is 0 Å². The number of hydrogen-bond acceptors (Lipinski definition) is 3. The minimum atomic E-state index is 0.869. The number of aromatic nitrogens is 2. The van der Waals surface area contributed by atoms with Crippen LogP contribution in [-0.4, -0.2) is 17.2 Å². The molecule has 0 saturated carbocycles. The molecule has 0 radical (unpaired) electrons. The number of rotatable bonds is 2. The van der Waals surface area contributed by atoms with Gasteiger partial charge in [-0.25, -0.2) is 0 Å². The van der Waals surface area contributed by atoms with Gasteiger partial charge >= 0.3 is 0 Å². The van der Waals surface area contributed by atoms with Crippen molar-refractivity contribution >= 4 is 12.2 Å². The van der Waals surface area contributed by atoms with E-state index in [-0.39, 0.29) is 0 Å². The first-order valence-corrected chi connectivity index (χ1v) is 4.94.